The molecule has 0 radical (unpaired) electrons. The molecule has 1 rings (SSSR count). The summed E-state index contributed by atoms with van der Waals surface area (Å²) in [6.45, 7) is 0.421. The van der Waals surface area contributed by atoms with E-state index in [0.29, 0.717) is 28.6 Å². The summed E-state index contributed by atoms with van der Waals surface area (Å²) in [6.07, 6.45) is -0.142. The Kier molecular flexibility index (Phi) is 4.00. The molecule has 13 heavy (non-hydrogen) atoms. The summed E-state index contributed by atoms with van der Waals surface area (Å²) in [5.74, 6) is 0. The van der Waals surface area contributed by atoms with Gasteiger partial charge in [-0.15, -0.1) is 0 Å². The molecule has 2 nitrogen and oxygen atoms in total. The molecule has 0 unspecified atom stereocenters. The van der Waals surface area contributed by atoms with Crippen LogP contribution >= 0.6 is 23.2 Å². The van der Waals surface area contributed by atoms with E-state index >= 15 is 0 Å². The predicted molar refractivity (Wildman–Crippen MR) is 55.1 cm³/mol. The Balaban J connectivity index is 2.93. The fourth-order valence-corrected chi connectivity index (χ4v) is 1.52. The van der Waals surface area contributed by atoms with Crippen LogP contribution in [0, 0.1) is 0 Å². The van der Waals surface area contributed by atoms with Gasteiger partial charge in [-0.2, -0.15) is 0 Å². The van der Waals surface area contributed by atoms with Crippen LogP contribution in [0.4, 0.5) is 0 Å². The molecule has 72 valence electrons. The highest BCUT2D eigenvalue weighted by Gasteiger charge is 2.12. The van der Waals surface area contributed by atoms with E-state index in [-0.39, 0.29) is 0 Å². The van der Waals surface area contributed by atoms with Crippen molar-refractivity contribution in [1.82, 2.24) is 0 Å². The molecule has 0 saturated carbocycles. The van der Waals surface area contributed by atoms with Crippen LogP contribution in [0.25, 0.3) is 0 Å². The lowest BCUT2D eigenvalue weighted by atomic mass is 10.1. The lowest BCUT2D eigenvalue weighted by Crippen LogP contribution is -2.07. The average Bonchev–Trinajstić information content (AvgIpc) is 2.10. The molecule has 0 fully saturated rings. The Labute approximate surface area is 87.3 Å². The van der Waals surface area contributed by atoms with Gasteiger partial charge in [0.05, 0.1) is 16.1 Å². The van der Waals surface area contributed by atoms with Crippen LogP contribution < -0.4 is 5.73 Å². The van der Waals surface area contributed by atoms with Crippen molar-refractivity contribution in [3.05, 3.63) is 33.8 Å². The molecule has 0 aromatic heterocycles. The van der Waals surface area contributed by atoms with Gasteiger partial charge < -0.3 is 10.8 Å². The third-order valence-electron chi connectivity index (χ3n) is 1.78. The van der Waals surface area contributed by atoms with Gasteiger partial charge >= 0.3 is 0 Å². The molecule has 0 amide bonds. The van der Waals surface area contributed by atoms with Gasteiger partial charge in [0.1, 0.15) is 0 Å². The molecule has 3 N–H and O–H groups in total. The summed E-state index contributed by atoms with van der Waals surface area (Å²) in [6, 6.07) is 5.18. The number of nitrogens with two attached hydrogens (primary N) is 1. The molecule has 0 spiro atoms. The van der Waals surface area contributed by atoms with Crippen LogP contribution in [-0.4, -0.2) is 11.7 Å². The number of halogens is 2. The molecular weight excluding hydrogens is 209 g/mol. The highest BCUT2D eigenvalue weighted by Crippen LogP contribution is 2.30. The molecule has 0 heterocycles. The zero-order chi connectivity index (χ0) is 9.84. The van der Waals surface area contributed by atoms with Crippen LogP contribution in [-0.2, 0) is 0 Å². The minimum Gasteiger partial charge on any atom is -0.388 e. The van der Waals surface area contributed by atoms with Crippen molar-refractivity contribution in [2.45, 2.75) is 12.5 Å². The van der Waals surface area contributed by atoms with Crippen LogP contribution in [0.3, 0.4) is 0 Å². The Morgan fingerprint density at radius 3 is 2.69 bits per heavy atom. The Bertz CT molecular complexity index is 291. The minimum absolute atomic E-state index is 0.408. The molecule has 1 aromatic carbocycles. The number of benzene rings is 1. The van der Waals surface area contributed by atoms with E-state index in [4.69, 9.17) is 28.9 Å². The molecule has 4 heteroatoms. The topological polar surface area (TPSA) is 46.2 Å². The first-order valence-electron chi connectivity index (χ1n) is 3.99. The fourth-order valence-electron chi connectivity index (χ4n) is 1.09. The predicted octanol–water partition coefficient (Wildman–Crippen LogP) is 2.38. The van der Waals surface area contributed by atoms with E-state index in [1.165, 1.54) is 0 Å². The van der Waals surface area contributed by atoms with E-state index in [0.717, 1.165) is 0 Å². The Morgan fingerprint density at radius 1 is 1.38 bits per heavy atom. The van der Waals surface area contributed by atoms with E-state index in [2.05, 4.69) is 0 Å². The molecule has 1 aromatic rings. The second kappa shape index (κ2) is 4.82. The third-order valence-corrected chi connectivity index (χ3v) is 2.61. The summed E-state index contributed by atoms with van der Waals surface area (Å²) in [5.41, 5.74) is 5.96. The standard InChI is InChI=1S/C9H11Cl2NO/c10-7-3-1-2-6(9(7)11)8(13)4-5-12/h1-3,8,13H,4-5,12H2/t8-/m1/s1. The fraction of sp³-hybridized carbons (Fsp3) is 0.333. The summed E-state index contributed by atoms with van der Waals surface area (Å²) in [4.78, 5) is 0. The van der Waals surface area contributed by atoms with Crippen molar-refractivity contribution >= 4 is 23.2 Å². The normalized spacial score (nSPS) is 12.9. The number of aliphatic hydroxyl groups excluding tert-OH is 1. The first kappa shape index (κ1) is 10.8. The van der Waals surface area contributed by atoms with E-state index in [1.54, 1.807) is 18.2 Å². The number of aliphatic hydroxyl groups is 1. The van der Waals surface area contributed by atoms with Gasteiger partial charge in [-0.1, -0.05) is 35.3 Å². The van der Waals surface area contributed by atoms with Crippen molar-refractivity contribution < 1.29 is 5.11 Å². The minimum atomic E-state index is -0.629. The average molecular weight is 220 g/mol. The maximum atomic E-state index is 9.60. The van der Waals surface area contributed by atoms with Gasteiger partial charge in [-0.05, 0) is 19.0 Å². The summed E-state index contributed by atoms with van der Waals surface area (Å²) < 4.78 is 0. The summed E-state index contributed by atoms with van der Waals surface area (Å²) >= 11 is 11.7. The molecule has 0 bridgehead atoms. The monoisotopic (exact) mass is 219 g/mol. The number of hydrogen-bond donors (Lipinski definition) is 2. The van der Waals surface area contributed by atoms with Gasteiger partial charge in [-0.25, -0.2) is 0 Å². The molecule has 0 saturated heterocycles. The van der Waals surface area contributed by atoms with Crippen LogP contribution in [0.15, 0.2) is 18.2 Å². The third kappa shape index (κ3) is 2.58. The zero-order valence-electron chi connectivity index (χ0n) is 7.00. The lowest BCUT2D eigenvalue weighted by Gasteiger charge is -2.11. The Morgan fingerprint density at radius 2 is 2.08 bits per heavy atom. The molecule has 1 atom stereocenters. The van der Waals surface area contributed by atoms with Crippen LogP contribution in [0.1, 0.15) is 18.1 Å². The molecular formula is C9H11Cl2NO. The van der Waals surface area contributed by atoms with E-state index in [1.807, 2.05) is 0 Å². The molecule has 0 aliphatic carbocycles. The van der Waals surface area contributed by atoms with E-state index < -0.39 is 6.10 Å². The quantitative estimate of drug-likeness (QED) is 0.821. The second-order valence-corrected chi connectivity index (χ2v) is 3.52. The maximum absolute atomic E-state index is 9.60. The number of rotatable bonds is 3. The van der Waals surface area contributed by atoms with Gasteiger partial charge in [-0.3, -0.25) is 0 Å². The molecule has 0 aliphatic heterocycles. The zero-order valence-corrected chi connectivity index (χ0v) is 8.52. The van der Waals surface area contributed by atoms with E-state index in [9.17, 15) is 5.11 Å². The smallest absolute Gasteiger partial charge is 0.0817 e. The van der Waals surface area contributed by atoms with Crippen LogP contribution in [0.5, 0.6) is 0 Å². The SMILES string of the molecule is NCC[C@@H](O)c1cccc(Cl)c1Cl. The van der Waals surface area contributed by atoms with Gasteiger partial charge in [0, 0.05) is 5.56 Å². The Hall–Kier alpha value is -0.280. The van der Waals surface area contributed by atoms with Crippen molar-refractivity contribution in [3.8, 4) is 0 Å². The van der Waals surface area contributed by atoms with Crippen molar-refractivity contribution in [2.75, 3.05) is 6.54 Å². The van der Waals surface area contributed by atoms with Crippen molar-refractivity contribution in [3.63, 3.8) is 0 Å². The number of hydrogen-bond acceptors (Lipinski definition) is 2. The van der Waals surface area contributed by atoms with Crippen LogP contribution in [0.2, 0.25) is 10.0 Å². The summed E-state index contributed by atoms with van der Waals surface area (Å²) in [5, 5.41) is 10.5. The lowest BCUT2D eigenvalue weighted by molar-refractivity contribution is 0.170. The second-order valence-electron chi connectivity index (χ2n) is 2.74. The van der Waals surface area contributed by atoms with Gasteiger partial charge in [0.2, 0.25) is 0 Å². The molecule has 0 aliphatic rings. The highest BCUT2D eigenvalue weighted by atomic mass is 35.5. The largest absolute Gasteiger partial charge is 0.388 e. The first-order chi connectivity index (χ1) is 6.16. The van der Waals surface area contributed by atoms with Gasteiger partial charge in [0.25, 0.3) is 0 Å². The van der Waals surface area contributed by atoms with Crippen molar-refractivity contribution in [1.29, 1.82) is 0 Å². The maximum Gasteiger partial charge on any atom is 0.0817 e. The highest BCUT2D eigenvalue weighted by molar-refractivity contribution is 6.42. The van der Waals surface area contributed by atoms with Crippen molar-refractivity contribution in [2.24, 2.45) is 5.73 Å². The first-order valence-corrected chi connectivity index (χ1v) is 4.74. The van der Waals surface area contributed by atoms with Gasteiger partial charge in [0.15, 0.2) is 0 Å². The summed E-state index contributed by atoms with van der Waals surface area (Å²) in [7, 11) is 0.